The third-order valence-corrected chi connectivity index (χ3v) is 6.11. The Morgan fingerprint density at radius 1 is 1.24 bits per heavy atom. The quantitative estimate of drug-likeness (QED) is 0.564. The maximum atomic E-state index is 12.5. The lowest BCUT2D eigenvalue weighted by molar-refractivity contribution is -0.140. The summed E-state index contributed by atoms with van der Waals surface area (Å²) in [5.74, 6) is -2.04. The van der Waals surface area contributed by atoms with Crippen LogP contribution >= 0.6 is 0 Å². The number of hydrogen-bond acceptors (Lipinski definition) is 6. The van der Waals surface area contributed by atoms with Crippen LogP contribution in [-0.4, -0.2) is 46.8 Å². The lowest BCUT2D eigenvalue weighted by atomic mass is 10.1. The van der Waals surface area contributed by atoms with Crippen molar-refractivity contribution >= 4 is 31.7 Å². The predicted octanol–water partition coefficient (Wildman–Crippen LogP) is 0.844. The number of rotatable bonds is 9. The Bertz CT molecular complexity index is 833. The summed E-state index contributed by atoms with van der Waals surface area (Å²) in [6.07, 6.45) is 0. The van der Waals surface area contributed by atoms with Gasteiger partial charge in [0.2, 0.25) is 20.0 Å². The molecule has 11 heteroatoms. The van der Waals surface area contributed by atoms with Crippen LogP contribution in [0.1, 0.15) is 20.8 Å². The van der Waals surface area contributed by atoms with E-state index in [-0.39, 0.29) is 22.1 Å². The zero-order valence-corrected chi connectivity index (χ0v) is 15.9. The maximum absolute atomic E-state index is 12.5. The zero-order chi connectivity index (χ0) is 19.4. The predicted molar refractivity (Wildman–Crippen MR) is 92.7 cm³/mol. The Labute approximate surface area is 147 Å². The van der Waals surface area contributed by atoms with Crippen LogP contribution in [-0.2, 0) is 24.8 Å². The van der Waals surface area contributed by atoms with E-state index in [1.807, 2.05) is 0 Å². The molecule has 0 fully saturated rings. The third kappa shape index (κ3) is 5.58. The molecule has 9 nitrogen and oxygen atoms in total. The number of carboxylic acids is 1. The van der Waals surface area contributed by atoms with E-state index in [2.05, 4.69) is 9.44 Å². The van der Waals surface area contributed by atoms with E-state index >= 15 is 0 Å². The highest BCUT2D eigenvalue weighted by Crippen LogP contribution is 2.28. The molecular formula is C14H22N2O7S2. The van der Waals surface area contributed by atoms with Crippen LogP contribution in [0.15, 0.2) is 23.1 Å². The second-order valence-corrected chi connectivity index (χ2v) is 9.25. The van der Waals surface area contributed by atoms with E-state index in [9.17, 15) is 21.6 Å². The van der Waals surface area contributed by atoms with Gasteiger partial charge in [-0.15, -0.1) is 0 Å². The molecule has 1 aromatic carbocycles. The standard InChI is InChI=1S/C14H22N2O7S2/c1-5-24(19,20)15-10-6-7-12(11(8-10)23-4)25(21,22)16-13(9(2)3)14(17)18/h6-9,13,15-16H,5H2,1-4H3,(H,17,18)/t13-/m0/s1. The van der Waals surface area contributed by atoms with Crippen LogP contribution in [0.5, 0.6) is 5.75 Å². The molecule has 0 spiro atoms. The van der Waals surface area contributed by atoms with Crippen molar-refractivity contribution in [2.75, 3.05) is 17.6 Å². The van der Waals surface area contributed by atoms with E-state index in [1.54, 1.807) is 13.8 Å². The Hall–Kier alpha value is -1.85. The van der Waals surface area contributed by atoms with Gasteiger partial charge in [0.25, 0.3) is 0 Å². The third-order valence-electron chi connectivity index (χ3n) is 3.32. The second kappa shape index (κ2) is 8.02. The van der Waals surface area contributed by atoms with Crippen molar-refractivity contribution in [2.24, 2.45) is 5.92 Å². The monoisotopic (exact) mass is 394 g/mol. The van der Waals surface area contributed by atoms with Gasteiger partial charge in [0, 0.05) is 6.07 Å². The minimum Gasteiger partial charge on any atom is -0.495 e. The van der Waals surface area contributed by atoms with E-state index in [4.69, 9.17) is 9.84 Å². The fourth-order valence-electron chi connectivity index (χ4n) is 1.91. The van der Waals surface area contributed by atoms with Gasteiger partial charge in [0.15, 0.2) is 0 Å². The summed E-state index contributed by atoms with van der Waals surface area (Å²) in [7, 11) is -6.50. The first-order valence-electron chi connectivity index (χ1n) is 7.37. The minimum atomic E-state index is -4.19. The maximum Gasteiger partial charge on any atom is 0.322 e. The number of hydrogen-bond donors (Lipinski definition) is 3. The fourth-order valence-corrected chi connectivity index (χ4v) is 4.03. The highest BCUT2D eigenvalue weighted by Gasteiger charge is 2.30. The topological polar surface area (TPSA) is 139 Å². The molecule has 0 aliphatic rings. The number of sulfonamides is 2. The average Bonchev–Trinajstić information content (AvgIpc) is 2.51. The van der Waals surface area contributed by atoms with Gasteiger partial charge in [-0.3, -0.25) is 9.52 Å². The van der Waals surface area contributed by atoms with Crippen molar-refractivity contribution in [3.8, 4) is 5.75 Å². The first kappa shape index (κ1) is 21.2. The van der Waals surface area contributed by atoms with Gasteiger partial charge in [-0.2, -0.15) is 4.72 Å². The summed E-state index contributed by atoms with van der Waals surface area (Å²) < 4.78 is 57.6. The van der Waals surface area contributed by atoms with Crippen LogP contribution in [0, 0.1) is 5.92 Å². The lowest BCUT2D eigenvalue weighted by Gasteiger charge is -2.19. The van der Waals surface area contributed by atoms with E-state index < -0.39 is 38.0 Å². The molecule has 3 N–H and O–H groups in total. The van der Waals surface area contributed by atoms with Gasteiger partial charge in [-0.05, 0) is 25.0 Å². The highest BCUT2D eigenvalue weighted by atomic mass is 32.2. The van der Waals surface area contributed by atoms with Crippen LogP contribution < -0.4 is 14.2 Å². The second-order valence-electron chi connectivity index (χ2n) is 5.55. The van der Waals surface area contributed by atoms with Crippen molar-refractivity contribution in [3.05, 3.63) is 18.2 Å². The highest BCUT2D eigenvalue weighted by molar-refractivity contribution is 7.92. The number of methoxy groups -OCH3 is 1. The van der Waals surface area contributed by atoms with Gasteiger partial charge in [-0.1, -0.05) is 13.8 Å². The summed E-state index contributed by atoms with van der Waals surface area (Å²) in [4.78, 5) is 10.9. The van der Waals surface area contributed by atoms with Crippen molar-refractivity contribution in [1.29, 1.82) is 0 Å². The summed E-state index contributed by atoms with van der Waals surface area (Å²) in [5.41, 5.74) is 0.135. The SMILES string of the molecule is CCS(=O)(=O)Nc1ccc(S(=O)(=O)N[C@H](C(=O)O)C(C)C)c(OC)c1. The summed E-state index contributed by atoms with van der Waals surface area (Å²) >= 11 is 0. The number of benzene rings is 1. The number of carboxylic acid groups (broad SMARTS) is 1. The molecule has 1 rings (SSSR count). The molecule has 0 aliphatic carbocycles. The molecule has 0 aliphatic heterocycles. The van der Waals surface area contributed by atoms with Crippen molar-refractivity contribution in [1.82, 2.24) is 4.72 Å². The zero-order valence-electron chi connectivity index (χ0n) is 14.3. The Morgan fingerprint density at radius 3 is 2.28 bits per heavy atom. The Kier molecular flexibility index (Phi) is 6.80. The molecule has 0 saturated heterocycles. The van der Waals surface area contributed by atoms with Crippen LogP contribution in [0.4, 0.5) is 5.69 Å². The number of nitrogens with one attached hydrogen (secondary N) is 2. The molecule has 1 atom stereocenters. The Morgan fingerprint density at radius 2 is 1.84 bits per heavy atom. The van der Waals surface area contributed by atoms with Crippen molar-refractivity contribution in [2.45, 2.75) is 31.7 Å². The van der Waals surface area contributed by atoms with Gasteiger partial charge >= 0.3 is 5.97 Å². The van der Waals surface area contributed by atoms with Gasteiger partial charge < -0.3 is 9.84 Å². The molecule has 1 aromatic rings. The van der Waals surface area contributed by atoms with Crippen molar-refractivity contribution < 1.29 is 31.5 Å². The van der Waals surface area contributed by atoms with Crippen molar-refractivity contribution in [3.63, 3.8) is 0 Å². The molecule has 0 heterocycles. The molecule has 0 unspecified atom stereocenters. The smallest absolute Gasteiger partial charge is 0.322 e. The summed E-state index contributed by atoms with van der Waals surface area (Å²) in [6.45, 7) is 4.60. The van der Waals surface area contributed by atoms with Crippen LogP contribution in [0.25, 0.3) is 0 Å². The van der Waals surface area contributed by atoms with E-state index in [0.717, 1.165) is 6.07 Å². The normalized spacial score (nSPS) is 13.5. The number of ether oxygens (including phenoxy) is 1. The number of anilines is 1. The fraction of sp³-hybridized carbons (Fsp3) is 0.500. The van der Waals surface area contributed by atoms with Gasteiger partial charge in [0.05, 0.1) is 18.6 Å². The Balaban J connectivity index is 3.26. The first-order chi connectivity index (χ1) is 11.4. The summed E-state index contributed by atoms with van der Waals surface area (Å²) in [6, 6.07) is 2.31. The largest absolute Gasteiger partial charge is 0.495 e. The number of aliphatic carboxylic acids is 1. The van der Waals surface area contributed by atoms with E-state index in [0.29, 0.717) is 0 Å². The molecule has 142 valence electrons. The van der Waals surface area contributed by atoms with Crippen LogP contribution in [0.2, 0.25) is 0 Å². The molecular weight excluding hydrogens is 372 g/mol. The lowest BCUT2D eigenvalue weighted by Crippen LogP contribution is -2.44. The van der Waals surface area contributed by atoms with Gasteiger partial charge in [-0.25, -0.2) is 16.8 Å². The number of carbonyl (C=O) groups is 1. The molecule has 0 aromatic heterocycles. The first-order valence-corrected chi connectivity index (χ1v) is 10.5. The molecule has 0 amide bonds. The average molecular weight is 394 g/mol. The molecule has 0 saturated carbocycles. The van der Waals surface area contributed by atoms with Gasteiger partial charge in [0.1, 0.15) is 16.7 Å². The summed E-state index contributed by atoms with van der Waals surface area (Å²) in [5, 5.41) is 9.14. The molecule has 25 heavy (non-hydrogen) atoms. The molecule has 0 bridgehead atoms. The van der Waals surface area contributed by atoms with E-state index in [1.165, 1.54) is 26.2 Å². The molecule has 0 radical (unpaired) electrons. The minimum absolute atomic E-state index is 0.114. The van der Waals surface area contributed by atoms with Crippen LogP contribution in [0.3, 0.4) is 0 Å².